The average Bonchev–Trinajstić information content (AvgIpc) is 2.62. The smallest absolute Gasteiger partial charge is 0.416 e. The number of ether oxygens (including phenoxy) is 1. The highest BCUT2D eigenvalue weighted by Gasteiger charge is 2.31. The van der Waals surface area contributed by atoms with Crippen molar-refractivity contribution in [2.24, 2.45) is 5.92 Å². The fourth-order valence-corrected chi connectivity index (χ4v) is 3.05. The number of nitrogens with zero attached hydrogens (tertiary/aromatic N) is 1. The molecule has 0 spiro atoms. The van der Waals surface area contributed by atoms with E-state index in [1.165, 1.54) is 12.1 Å². The Morgan fingerprint density at radius 2 is 1.97 bits per heavy atom. The first-order valence-corrected chi connectivity index (χ1v) is 9.14. The first kappa shape index (κ1) is 23.3. The Kier molecular flexibility index (Phi) is 7.14. The summed E-state index contributed by atoms with van der Waals surface area (Å²) >= 11 is 5.87. The van der Waals surface area contributed by atoms with Crippen molar-refractivity contribution in [1.29, 1.82) is 0 Å². The highest BCUT2D eigenvalue weighted by atomic mass is 35.5. The number of nitro benzene ring substituents is 1. The van der Waals surface area contributed by atoms with E-state index in [-0.39, 0.29) is 27.9 Å². The van der Waals surface area contributed by atoms with Crippen molar-refractivity contribution in [3.63, 3.8) is 0 Å². The molecule has 0 aliphatic rings. The molecule has 2 aromatic rings. The molecular formula is C19H18ClF3N2O5. The number of carboxylic acid groups (broad SMARTS) is 1. The van der Waals surface area contributed by atoms with Crippen molar-refractivity contribution in [1.82, 2.24) is 0 Å². The molecular weight excluding hydrogens is 429 g/mol. The van der Waals surface area contributed by atoms with Crippen molar-refractivity contribution >= 4 is 28.9 Å². The molecule has 0 heterocycles. The molecule has 0 saturated heterocycles. The minimum Gasteiger partial charge on any atom is -0.481 e. The number of nitro groups is 1. The SMILES string of the molecule is CCC(C(=O)O)C(C)Nc1cc(Oc2ccc(C(F)(F)F)cc2Cl)ccc1[N+](=O)[O-]. The predicted octanol–water partition coefficient (Wildman–Crippen LogP) is 5.97. The summed E-state index contributed by atoms with van der Waals surface area (Å²) in [5, 5.41) is 23.1. The maximum Gasteiger partial charge on any atom is 0.416 e. The highest BCUT2D eigenvalue weighted by Crippen LogP contribution is 2.38. The summed E-state index contributed by atoms with van der Waals surface area (Å²) in [6.45, 7) is 3.25. The van der Waals surface area contributed by atoms with E-state index in [4.69, 9.17) is 16.3 Å². The number of hydrogen-bond acceptors (Lipinski definition) is 5. The van der Waals surface area contributed by atoms with E-state index in [2.05, 4.69) is 5.32 Å². The summed E-state index contributed by atoms with van der Waals surface area (Å²) in [4.78, 5) is 22.0. The van der Waals surface area contributed by atoms with E-state index in [1.807, 2.05) is 0 Å². The Morgan fingerprint density at radius 3 is 2.47 bits per heavy atom. The minimum absolute atomic E-state index is 0.00716. The maximum atomic E-state index is 12.8. The van der Waals surface area contributed by atoms with Crippen LogP contribution in [0.1, 0.15) is 25.8 Å². The topological polar surface area (TPSA) is 102 Å². The normalized spacial score (nSPS) is 13.4. The number of alkyl halides is 3. The van der Waals surface area contributed by atoms with Gasteiger partial charge in [-0.25, -0.2) is 0 Å². The molecule has 2 N–H and O–H groups in total. The lowest BCUT2D eigenvalue weighted by atomic mass is 9.98. The zero-order valence-corrected chi connectivity index (χ0v) is 16.6. The van der Waals surface area contributed by atoms with E-state index in [1.54, 1.807) is 13.8 Å². The van der Waals surface area contributed by atoms with Gasteiger partial charge in [0.05, 0.1) is 21.4 Å². The van der Waals surface area contributed by atoms with Crippen LogP contribution < -0.4 is 10.1 Å². The van der Waals surface area contributed by atoms with Gasteiger partial charge >= 0.3 is 12.1 Å². The van der Waals surface area contributed by atoms with Gasteiger partial charge in [0.2, 0.25) is 0 Å². The highest BCUT2D eigenvalue weighted by molar-refractivity contribution is 6.32. The van der Waals surface area contributed by atoms with Gasteiger partial charge in [-0.15, -0.1) is 0 Å². The third-order valence-corrected chi connectivity index (χ3v) is 4.69. The predicted molar refractivity (Wildman–Crippen MR) is 104 cm³/mol. The fraction of sp³-hybridized carbons (Fsp3) is 0.316. The Balaban J connectivity index is 2.34. The summed E-state index contributed by atoms with van der Waals surface area (Å²) in [5.41, 5.74) is -1.25. The molecule has 2 atom stereocenters. The van der Waals surface area contributed by atoms with Crippen LogP contribution in [0.5, 0.6) is 11.5 Å². The van der Waals surface area contributed by atoms with Crippen LogP contribution in [0.3, 0.4) is 0 Å². The summed E-state index contributed by atoms with van der Waals surface area (Å²) < 4.78 is 43.8. The Hall–Kier alpha value is -3.01. The van der Waals surface area contributed by atoms with E-state index in [0.717, 1.165) is 18.2 Å². The van der Waals surface area contributed by atoms with Crippen LogP contribution in [0.25, 0.3) is 0 Å². The molecule has 0 aliphatic heterocycles. The molecule has 0 amide bonds. The first-order chi connectivity index (χ1) is 13.9. The minimum atomic E-state index is -4.57. The third-order valence-electron chi connectivity index (χ3n) is 4.40. The number of hydrogen-bond donors (Lipinski definition) is 2. The summed E-state index contributed by atoms with van der Waals surface area (Å²) in [6.07, 6.45) is -4.27. The molecule has 2 rings (SSSR count). The first-order valence-electron chi connectivity index (χ1n) is 8.76. The fourth-order valence-electron chi connectivity index (χ4n) is 2.83. The summed E-state index contributed by atoms with van der Waals surface area (Å²) in [7, 11) is 0. The lowest BCUT2D eigenvalue weighted by molar-refractivity contribution is -0.384. The number of nitrogens with one attached hydrogen (secondary N) is 1. The zero-order chi connectivity index (χ0) is 22.6. The number of carbonyl (C=O) groups is 1. The van der Waals surface area contributed by atoms with Gasteiger partial charge in [0.25, 0.3) is 5.69 Å². The molecule has 0 radical (unpaired) electrons. The average molecular weight is 447 g/mol. The Morgan fingerprint density at radius 1 is 1.30 bits per heavy atom. The lowest BCUT2D eigenvalue weighted by Gasteiger charge is -2.21. The second-order valence-corrected chi connectivity index (χ2v) is 6.87. The third kappa shape index (κ3) is 5.53. The molecule has 11 heteroatoms. The monoisotopic (exact) mass is 446 g/mol. The molecule has 0 fully saturated rings. The molecule has 7 nitrogen and oxygen atoms in total. The number of benzene rings is 2. The molecule has 0 bridgehead atoms. The van der Waals surface area contributed by atoms with E-state index >= 15 is 0 Å². The Bertz CT molecular complexity index is 952. The van der Waals surface area contributed by atoms with Crippen LogP contribution >= 0.6 is 11.6 Å². The number of carboxylic acids is 1. The van der Waals surface area contributed by atoms with Gasteiger partial charge in [-0.1, -0.05) is 18.5 Å². The van der Waals surface area contributed by atoms with Gasteiger partial charge in [0.1, 0.15) is 17.2 Å². The second kappa shape index (κ2) is 9.21. The van der Waals surface area contributed by atoms with Crippen molar-refractivity contribution in [2.75, 3.05) is 5.32 Å². The standard InChI is InChI=1S/C19H18ClF3N2O5/c1-3-13(18(26)27)10(2)24-15-9-12(5-6-16(15)25(28)29)30-17-7-4-11(8-14(17)20)19(21,22)23/h4-10,13,24H,3H2,1-2H3,(H,26,27). The summed E-state index contributed by atoms with van der Waals surface area (Å²) in [5.74, 6) is -1.85. The van der Waals surface area contributed by atoms with Gasteiger partial charge in [0.15, 0.2) is 0 Å². The van der Waals surface area contributed by atoms with Gasteiger partial charge in [-0.05, 0) is 37.6 Å². The lowest BCUT2D eigenvalue weighted by Crippen LogP contribution is -2.31. The van der Waals surface area contributed by atoms with Crippen LogP contribution in [-0.2, 0) is 11.0 Å². The van der Waals surface area contributed by atoms with Crippen LogP contribution in [0.4, 0.5) is 24.5 Å². The molecule has 0 aliphatic carbocycles. The van der Waals surface area contributed by atoms with Crippen molar-refractivity contribution < 1.29 is 32.7 Å². The van der Waals surface area contributed by atoms with Crippen molar-refractivity contribution in [3.8, 4) is 11.5 Å². The number of halogens is 4. The van der Waals surface area contributed by atoms with Crippen LogP contribution in [0, 0.1) is 16.0 Å². The molecule has 0 saturated carbocycles. The number of rotatable bonds is 8. The maximum absolute atomic E-state index is 12.8. The molecule has 30 heavy (non-hydrogen) atoms. The van der Waals surface area contributed by atoms with Crippen LogP contribution in [-0.4, -0.2) is 22.0 Å². The van der Waals surface area contributed by atoms with Gasteiger partial charge < -0.3 is 15.2 Å². The van der Waals surface area contributed by atoms with E-state index in [0.29, 0.717) is 12.5 Å². The quantitative estimate of drug-likeness (QED) is 0.382. The molecule has 0 aromatic heterocycles. The molecule has 162 valence electrons. The van der Waals surface area contributed by atoms with Gasteiger partial charge in [-0.2, -0.15) is 13.2 Å². The van der Waals surface area contributed by atoms with Crippen LogP contribution in [0.2, 0.25) is 5.02 Å². The second-order valence-electron chi connectivity index (χ2n) is 6.47. The largest absolute Gasteiger partial charge is 0.481 e. The number of anilines is 1. The zero-order valence-electron chi connectivity index (χ0n) is 15.9. The number of aliphatic carboxylic acids is 1. The molecule has 2 aromatic carbocycles. The van der Waals surface area contributed by atoms with E-state index < -0.39 is 34.6 Å². The Labute approximate surface area is 174 Å². The van der Waals surface area contributed by atoms with Crippen LogP contribution in [0.15, 0.2) is 36.4 Å². The van der Waals surface area contributed by atoms with Gasteiger partial charge in [0, 0.05) is 18.2 Å². The summed E-state index contributed by atoms with van der Waals surface area (Å²) in [6, 6.07) is 5.57. The molecule has 2 unspecified atom stereocenters. The van der Waals surface area contributed by atoms with Gasteiger partial charge in [-0.3, -0.25) is 14.9 Å². The van der Waals surface area contributed by atoms with Crippen molar-refractivity contribution in [3.05, 3.63) is 57.1 Å². The van der Waals surface area contributed by atoms with Crippen molar-refractivity contribution in [2.45, 2.75) is 32.5 Å². The van der Waals surface area contributed by atoms with E-state index in [9.17, 15) is 33.2 Å².